The molecule has 2 heterocycles. The third-order valence-corrected chi connectivity index (χ3v) is 3.45. The normalized spacial score (nSPS) is 27.9. The SMILES string of the molecule is Nc1nc(=O)n([C@@H]2O[C@H](CO)[C@@H](O)[C@@H]2O)cc1C=CCC(F)(F)F. The fourth-order valence-electron chi connectivity index (χ4n) is 2.24. The van der Waals surface area contributed by atoms with Crippen LogP contribution in [0, 0.1) is 0 Å². The van der Waals surface area contributed by atoms with E-state index in [2.05, 4.69) is 4.98 Å². The van der Waals surface area contributed by atoms with E-state index in [0.717, 1.165) is 22.9 Å². The maximum absolute atomic E-state index is 12.2. The van der Waals surface area contributed by atoms with Crippen LogP contribution in [0.1, 0.15) is 18.2 Å². The number of anilines is 1. The van der Waals surface area contributed by atoms with Gasteiger partial charge in [-0.15, -0.1) is 0 Å². The zero-order valence-corrected chi connectivity index (χ0v) is 12.2. The Bertz CT molecular complexity index is 676. The van der Waals surface area contributed by atoms with Gasteiger partial charge in [0.05, 0.1) is 13.0 Å². The van der Waals surface area contributed by atoms with Gasteiger partial charge in [-0.05, 0) is 0 Å². The molecule has 1 saturated heterocycles. The molecule has 0 saturated carbocycles. The van der Waals surface area contributed by atoms with E-state index in [1.54, 1.807) is 0 Å². The maximum atomic E-state index is 12.2. The molecule has 24 heavy (non-hydrogen) atoms. The molecule has 4 atom stereocenters. The van der Waals surface area contributed by atoms with Crippen molar-refractivity contribution in [1.82, 2.24) is 9.55 Å². The highest BCUT2D eigenvalue weighted by Gasteiger charge is 2.43. The van der Waals surface area contributed by atoms with Gasteiger partial charge in [0.25, 0.3) is 0 Å². The first-order valence-corrected chi connectivity index (χ1v) is 6.88. The van der Waals surface area contributed by atoms with Crippen LogP contribution in [-0.2, 0) is 4.74 Å². The number of aromatic nitrogens is 2. The zero-order valence-electron chi connectivity index (χ0n) is 12.2. The van der Waals surface area contributed by atoms with E-state index >= 15 is 0 Å². The minimum atomic E-state index is -4.39. The number of rotatable bonds is 4. The first kappa shape index (κ1) is 18.4. The second-order valence-electron chi connectivity index (χ2n) is 5.22. The molecule has 0 bridgehead atoms. The molecule has 8 nitrogen and oxygen atoms in total. The summed E-state index contributed by atoms with van der Waals surface area (Å²) in [6.45, 7) is -0.593. The van der Waals surface area contributed by atoms with E-state index in [0.29, 0.717) is 0 Å². The van der Waals surface area contributed by atoms with E-state index in [-0.39, 0.29) is 11.4 Å². The molecule has 0 spiro atoms. The number of nitrogen functional groups attached to an aromatic ring is 1. The van der Waals surface area contributed by atoms with E-state index in [9.17, 15) is 28.2 Å². The monoisotopic (exact) mass is 351 g/mol. The molecule has 1 aliphatic heterocycles. The van der Waals surface area contributed by atoms with Crippen molar-refractivity contribution in [3.8, 4) is 0 Å². The Morgan fingerprint density at radius 1 is 1.38 bits per heavy atom. The number of hydrogen-bond acceptors (Lipinski definition) is 7. The van der Waals surface area contributed by atoms with Gasteiger partial charge in [0.1, 0.15) is 24.1 Å². The van der Waals surface area contributed by atoms with Crippen molar-refractivity contribution in [2.75, 3.05) is 12.3 Å². The summed E-state index contributed by atoms with van der Waals surface area (Å²) in [6.07, 6.45) is -8.11. The van der Waals surface area contributed by atoms with Gasteiger partial charge in [-0.1, -0.05) is 12.2 Å². The number of nitrogens with zero attached hydrogens (tertiary/aromatic N) is 2. The number of alkyl halides is 3. The molecule has 0 amide bonds. The lowest BCUT2D eigenvalue weighted by Gasteiger charge is -2.18. The molecule has 5 N–H and O–H groups in total. The van der Waals surface area contributed by atoms with Gasteiger partial charge in [-0.2, -0.15) is 18.2 Å². The van der Waals surface area contributed by atoms with Gasteiger partial charge in [0, 0.05) is 11.8 Å². The molecular formula is C13H16F3N3O5. The van der Waals surface area contributed by atoms with Crippen molar-refractivity contribution in [3.63, 3.8) is 0 Å². The predicted molar refractivity (Wildman–Crippen MR) is 75.6 cm³/mol. The summed E-state index contributed by atoms with van der Waals surface area (Å²) in [5, 5.41) is 28.7. The molecule has 0 aliphatic carbocycles. The number of halogens is 3. The Labute approximate surface area is 133 Å². The summed E-state index contributed by atoms with van der Waals surface area (Å²) < 4.78 is 42.5. The number of aliphatic hydroxyl groups excluding tert-OH is 3. The average molecular weight is 351 g/mol. The minimum Gasteiger partial charge on any atom is -0.394 e. The summed E-state index contributed by atoms with van der Waals surface area (Å²) in [6, 6.07) is 0. The Morgan fingerprint density at radius 2 is 2.04 bits per heavy atom. The van der Waals surface area contributed by atoms with Gasteiger partial charge in [0.2, 0.25) is 0 Å². The van der Waals surface area contributed by atoms with E-state index in [1.165, 1.54) is 0 Å². The van der Waals surface area contributed by atoms with Gasteiger partial charge in [0.15, 0.2) is 6.23 Å². The van der Waals surface area contributed by atoms with Crippen LogP contribution < -0.4 is 11.4 Å². The molecule has 0 aromatic carbocycles. The van der Waals surface area contributed by atoms with Gasteiger partial charge in [-0.3, -0.25) is 4.57 Å². The van der Waals surface area contributed by atoms with E-state index in [4.69, 9.17) is 15.6 Å². The van der Waals surface area contributed by atoms with Crippen molar-refractivity contribution in [2.24, 2.45) is 0 Å². The Balaban J connectivity index is 2.32. The second kappa shape index (κ2) is 6.89. The molecule has 11 heteroatoms. The first-order chi connectivity index (χ1) is 11.1. The quantitative estimate of drug-likeness (QED) is 0.570. The summed E-state index contributed by atoms with van der Waals surface area (Å²) in [5.74, 6) is -0.290. The van der Waals surface area contributed by atoms with Crippen molar-refractivity contribution >= 4 is 11.9 Å². The van der Waals surface area contributed by atoms with Crippen LogP contribution in [0.2, 0.25) is 0 Å². The topological polar surface area (TPSA) is 131 Å². The lowest BCUT2D eigenvalue weighted by atomic mass is 10.1. The number of allylic oxidation sites excluding steroid dienone is 1. The van der Waals surface area contributed by atoms with Crippen LogP contribution >= 0.6 is 0 Å². The number of aliphatic hydroxyl groups is 3. The average Bonchev–Trinajstić information content (AvgIpc) is 2.76. The molecule has 0 radical (unpaired) electrons. The summed E-state index contributed by atoms with van der Waals surface area (Å²) >= 11 is 0. The van der Waals surface area contributed by atoms with Gasteiger partial charge in [-0.25, -0.2) is 4.79 Å². The smallest absolute Gasteiger partial charge is 0.392 e. The van der Waals surface area contributed by atoms with Crippen LogP contribution in [0.3, 0.4) is 0 Å². The van der Waals surface area contributed by atoms with Crippen molar-refractivity contribution in [1.29, 1.82) is 0 Å². The molecule has 1 aromatic heterocycles. The molecular weight excluding hydrogens is 335 g/mol. The molecule has 1 aliphatic rings. The van der Waals surface area contributed by atoms with Gasteiger partial charge < -0.3 is 25.8 Å². The molecule has 134 valence electrons. The largest absolute Gasteiger partial charge is 0.394 e. The lowest BCUT2D eigenvalue weighted by Crippen LogP contribution is -2.36. The maximum Gasteiger partial charge on any atom is 0.392 e. The van der Waals surface area contributed by atoms with Crippen LogP contribution in [0.25, 0.3) is 6.08 Å². The summed E-state index contributed by atoms with van der Waals surface area (Å²) in [4.78, 5) is 15.4. The third-order valence-electron chi connectivity index (χ3n) is 3.45. The van der Waals surface area contributed by atoms with Crippen LogP contribution in [0.5, 0.6) is 0 Å². The number of ether oxygens (including phenoxy) is 1. The highest BCUT2D eigenvalue weighted by Crippen LogP contribution is 2.29. The Hall–Kier alpha value is -1.95. The fourth-order valence-corrected chi connectivity index (χ4v) is 2.24. The molecule has 2 rings (SSSR count). The molecule has 1 fully saturated rings. The van der Waals surface area contributed by atoms with E-state index < -0.39 is 49.4 Å². The van der Waals surface area contributed by atoms with Crippen molar-refractivity contribution in [2.45, 2.75) is 37.1 Å². The van der Waals surface area contributed by atoms with Crippen molar-refractivity contribution < 1.29 is 33.2 Å². The number of hydrogen-bond donors (Lipinski definition) is 4. The summed E-state index contributed by atoms with van der Waals surface area (Å²) in [7, 11) is 0. The standard InChI is InChI=1S/C13H16F3N3O5/c14-13(15,16)3-1-2-6-4-19(12(23)18-10(6)17)11-9(22)8(21)7(5-20)24-11/h1-2,4,7-9,11,20-22H,3,5H2,(H2,17,18,23)/t7-,8-,9+,11-/m1/s1. The number of nitrogens with two attached hydrogens (primary N) is 1. The minimum absolute atomic E-state index is 0.0107. The first-order valence-electron chi connectivity index (χ1n) is 6.88. The Kier molecular flexibility index (Phi) is 5.28. The van der Waals surface area contributed by atoms with Crippen LogP contribution in [-0.4, -0.2) is 56.0 Å². The molecule has 0 unspecified atom stereocenters. The Morgan fingerprint density at radius 3 is 2.58 bits per heavy atom. The van der Waals surface area contributed by atoms with Gasteiger partial charge >= 0.3 is 11.9 Å². The van der Waals surface area contributed by atoms with E-state index in [1.807, 2.05) is 0 Å². The highest BCUT2D eigenvalue weighted by atomic mass is 19.4. The third kappa shape index (κ3) is 3.93. The predicted octanol–water partition coefficient (Wildman–Crippen LogP) is -0.597. The highest BCUT2D eigenvalue weighted by molar-refractivity contribution is 5.59. The summed E-state index contributed by atoms with van der Waals surface area (Å²) in [5.41, 5.74) is 4.59. The van der Waals surface area contributed by atoms with Crippen LogP contribution in [0.15, 0.2) is 17.1 Å². The second-order valence-corrected chi connectivity index (χ2v) is 5.22. The van der Waals surface area contributed by atoms with Crippen molar-refractivity contribution in [3.05, 3.63) is 28.3 Å². The van der Waals surface area contributed by atoms with Crippen LogP contribution in [0.4, 0.5) is 19.0 Å². The zero-order chi connectivity index (χ0) is 18.1. The fraction of sp³-hybridized carbons (Fsp3) is 0.538. The molecule has 1 aromatic rings. The lowest BCUT2D eigenvalue weighted by molar-refractivity contribution is -0.124.